The van der Waals surface area contributed by atoms with Crippen LogP contribution >= 0.6 is 0 Å². The predicted octanol–water partition coefficient (Wildman–Crippen LogP) is 1.53. The lowest BCUT2D eigenvalue weighted by molar-refractivity contribution is 0.498. The van der Waals surface area contributed by atoms with Crippen molar-refractivity contribution < 1.29 is 0 Å². The van der Waals surface area contributed by atoms with E-state index < -0.39 is 0 Å². The summed E-state index contributed by atoms with van der Waals surface area (Å²) in [6.07, 6.45) is 0.875. The minimum absolute atomic E-state index is 0.0860. The fourth-order valence-electron chi connectivity index (χ4n) is 1.29. The molecule has 0 aliphatic heterocycles. The third-order valence-corrected chi connectivity index (χ3v) is 2.21. The second-order valence-corrected chi connectivity index (χ2v) is 4.76. The van der Waals surface area contributed by atoms with Crippen LogP contribution in [0.2, 0.25) is 0 Å². The Balaban J connectivity index is 3.30. The summed E-state index contributed by atoms with van der Waals surface area (Å²) in [5, 5.41) is 4.32. The first-order valence-electron chi connectivity index (χ1n) is 5.24. The summed E-state index contributed by atoms with van der Waals surface area (Å²) in [6, 6.07) is 1.68. The average Bonchev–Trinajstić information content (AvgIpc) is 2.11. The standard InChI is InChI=1S/C11H19N3O/c1-5-6-14-10(15)8(12)7-9(13-14)11(2,3)4/h7H,5-6,12H2,1-4H3. The van der Waals surface area contributed by atoms with Crippen LogP contribution in [0.5, 0.6) is 0 Å². The van der Waals surface area contributed by atoms with Crippen molar-refractivity contribution in [2.24, 2.45) is 0 Å². The molecule has 1 aromatic heterocycles. The molecule has 4 heteroatoms. The van der Waals surface area contributed by atoms with Gasteiger partial charge in [-0.05, 0) is 12.5 Å². The third-order valence-electron chi connectivity index (χ3n) is 2.21. The van der Waals surface area contributed by atoms with Crippen LogP contribution in [0.1, 0.15) is 39.8 Å². The van der Waals surface area contributed by atoms with Crippen molar-refractivity contribution in [3.8, 4) is 0 Å². The summed E-state index contributed by atoms with van der Waals surface area (Å²) in [4.78, 5) is 11.6. The summed E-state index contributed by atoms with van der Waals surface area (Å²) in [7, 11) is 0. The van der Waals surface area contributed by atoms with Gasteiger partial charge in [0.25, 0.3) is 5.56 Å². The van der Waals surface area contributed by atoms with Gasteiger partial charge in [-0.2, -0.15) is 5.10 Å². The Labute approximate surface area is 90.1 Å². The fourth-order valence-corrected chi connectivity index (χ4v) is 1.29. The first-order valence-corrected chi connectivity index (χ1v) is 5.24. The lowest BCUT2D eigenvalue weighted by Gasteiger charge is -2.19. The van der Waals surface area contributed by atoms with Gasteiger partial charge in [-0.3, -0.25) is 4.79 Å². The molecule has 0 aliphatic rings. The van der Waals surface area contributed by atoms with Crippen LogP contribution in [-0.4, -0.2) is 9.78 Å². The SMILES string of the molecule is CCCn1nc(C(C)(C)C)cc(N)c1=O. The molecule has 15 heavy (non-hydrogen) atoms. The summed E-state index contributed by atoms with van der Waals surface area (Å²) >= 11 is 0. The number of nitrogens with zero attached hydrogens (tertiary/aromatic N) is 2. The maximum Gasteiger partial charge on any atom is 0.289 e. The summed E-state index contributed by atoms with van der Waals surface area (Å²) < 4.78 is 1.45. The molecule has 0 bridgehead atoms. The van der Waals surface area contributed by atoms with E-state index in [0.29, 0.717) is 6.54 Å². The van der Waals surface area contributed by atoms with E-state index in [-0.39, 0.29) is 16.7 Å². The molecule has 84 valence electrons. The second kappa shape index (κ2) is 4.04. The minimum atomic E-state index is -0.190. The van der Waals surface area contributed by atoms with Crippen LogP contribution in [-0.2, 0) is 12.0 Å². The van der Waals surface area contributed by atoms with Crippen molar-refractivity contribution >= 4 is 5.69 Å². The lowest BCUT2D eigenvalue weighted by atomic mass is 9.92. The number of hydrogen-bond donors (Lipinski definition) is 1. The highest BCUT2D eigenvalue weighted by molar-refractivity contribution is 5.37. The molecule has 0 spiro atoms. The molecule has 0 saturated carbocycles. The Hall–Kier alpha value is -1.32. The van der Waals surface area contributed by atoms with E-state index in [1.54, 1.807) is 6.07 Å². The Morgan fingerprint density at radius 2 is 2.07 bits per heavy atom. The van der Waals surface area contributed by atoms with Crippen molar-refractivity contribution in [3.63, 3.8) is 0 Å². The van der Waals surface area contributed by atoms with Crippen molar-refractivity contribution in [2.45, 2.75) is 46.1 Å². The molecule has 0 atom stereocenters. The van der Waals surface area contributed by atoms with Crippen molar-refractivity contribution in [1.82, 2.24) is 9.78 Å². The maximum absolute atomic E-state index is 11.6. The lowest BCUT2D eigenvalue weighted by Crippen LogP contribution is -2.29. The third kappa shape index (κ3) is 2.58. The first kappa shape index (κ1) is 11.8. The number of aryl methyl sites for hydroxylation is 1. The molecule has 1 rings (SSSR count). The van der Waals surface area contributed by atoms with Gasteiger partial charge in [0.05, 0.1) is 5.69 Å². The van der Waals surface area contributed by atoms with E-state index in [4.69, 9.17) is 5.73 Å². The van der Waals surface area contributed by atoms with E-state index in [1.165, 1.54) is 4.68 Å². The minimum Gasteiger partial charge on any atom is -0.394 e. The molecule has 2 N–H and O–H groups in total. The van der Waals surface area contributed by atoms with Crippen molar-refractivity contribution in [2.75, 3.05) is 5.73 Å². The van der Waals surface area contributed by atoms with Gasteiger partial charge in [-0.15, -0.1) is 0 Å². The Morgan fingerprint density at radius 3 is 2.53 bits per heavy atom. The Bertz CT molecular complexity index is 401. The molecular formula is C11H19N3O. The zero-order valence-corrected chi connectivity index (χ0v) is 9.87. The van der Waals surface area contributed by atoms with Crippen LogP contribution in [0.3, 0.4) is 0 Å². The highest BCUT2D eigenvalue weighted by Gasteiger charge is 2.18. The number of rotatable bonds is 2. The molecule has 1 aromatic rings. The molecule has 0 fully saturated rings. The highest BCUT2D eigenvalue weighted by atomic mass is 16.1. The van der Waals surface area contributed by atoms with E-state index in [9.17, 15) is 4.79 Å². The van der Waals surface area contributed by atoms with Crippen molar-refractivity contribution in [3.05, 3.63) is 22.1 Å². The van der Waals surface area contributed by atoms with Crippen LogP contribution in [0, 0.1) is 0 Å². The first-order chi connectivity index (χ1) is 6.86. The van der Waals surface area contributed by atoms with Gasteiger partial charge in [-0.25, -0.2) is 4.68 Å². The monoisotopic (exact) mass is 209 g/mol. The molecule has 0 amide bonds. The van der Waals surface area contributed by atoms with Gasteiger partial charge in [0.1, 0.15) is 5.69 Å². The van der Waals surface area contributed by atoms with Gasteiger partial charge in [0, 0.05) is 12.0 Å². The Kier molecular flexibility index (Phi) is 3.17. The largest absolute Gasteiger partial charge is 0.394 e. The molecule has 0 aliphatic carbocycles. The fraction of sp³-hybridized carbons (Fsp3) is 0.636. The number of nitrogen functional groups attached to an aromatic ring is 1. The van der Waals surface area contributed by atoms with E-state index >= 15 is 0 Å². The smallest absolute Gasteiger partial charge is 0.289 e. The van der Waals surface area contributed by atoms with Gasteiger partial charge in [0.15, 0.2) is 0 Å². The molecule has 0 radical (unpaired) electrons. The van der Waals surface area contributed by atoms with E-state index in [2.05, 4.69) is 25.9 Å². The molecule has 0 unspecified atom stereocenters. The summed E-state index contributed by atoms with van der Waals surface area (Å²) in [5.74, 6) is 0. The second-order valence-electron chi connectivity index (χ2n) is 4.76. The van der Waals surface area contributed by atoms with E-state index in [0.717, 1.165) is 12.1 Å². The van der Waals surface area contributed by atoms with E-state index in [1.807, 2.05) is 6.92 Å². The van der Waals surface area contributed by atoms with Gasteiger partial charge in [-0.1, -0.05) is 27.7 Å². The maximum atomic E-state index is 11.6. The van der Waals surface area contributed by atoms with Crippen LogP contribution < -0.4 is 11.3 Å². The average molecular weight is 209 g/mol. The highest BCUT2D eigenvalue weighted by Crippen LogP contribution is 2.19. The quantitative estimate of drug-likeness (QED) is 0.803. The molecule has 1 heterocycles. The van der Waals surface area contributed by atoms with Gasteiger partial charge < -0.3 is 5.73 Å². The van der Waals surface area contributed by atoms with Gasteiger partial charge in [0.2, 0.25) is 0 Å². The molecule has 0 aromatic carbocycles. The number of aromatic nitrogens is 2. The summed E-state index contributed by atoms with van der Waals surface area (Å²) in [5.41, 5.74) is 6.53. The van der Waals surface area contributed by atoms with Crippen LogP contribution in [0.25, 0.3) is 0 Å². The number of hydrogen-bond acceptors (Lipinski definition) is 3. The summed E-state index contributed by atoms with van der Waals surface area (Å²) in [6.45, 7) is 8.78. The van der Waals surface area contributed by atoms with Gasteiger partial charge >= 0.3 is 0 Å². The predicted molar refractivity (Wildman–Crippen MR) is 61.9 cm³/mol. The number of anilines is 1. The molecule has 4 nitrogen and oxygen atoms in total. The zero-order chi connectivity index (χ0) is 11.6. The topological polar surface area (TPSA) is 60.9 Å². The van der Waals surface area contributed by atoms with Crippen LogP contribution in [0.4, 0.5) is 5.69 Å². The normalized spacial score (nSPS) is 11.7. The van der Waals surface area contributed by atoms with Crippen molar-refractivity contribution in [1.29, 1.82) is 0 Å². The Morgan fingerprint density at radius 1 is 1.47 bits per heavy atom. The molecule has 0 saturated heterocycles. The number of nitrogens with two attached hydrogens (primary N) is 1. The molecular weight excluding hydrogens is 190 g/mol. The van der Waals surface area contributed by atoms with Crippen LogP contribution in [0.15, 0.2) is 10.9 Å². The zero-order valence-electron chi connectivity index (χ0n) is 9.87.